The fourth-order valence-electron chi connectivity index (χ4n) is 2.28. The van der Waals surface area contributed by atoms with Gasteiger partial charge >= 0.3 is 12.0 Å². The molecule has 2 heterocycles. The number of carbonyl (C=O) groups excluding carboxylic acids is 1. The Labute approximate surface area is 121 Å². The Hall–Kier alpha value is -1.63. The first kappa shape index (κ1) is 14.8. The number of likely N-dealkylation sites (tertiary alicyclic amines) is 1. The molecule has 6 nitrogen and oxygen atoms in total. The Morgan fingerprint density at radius 2 is 2.35 bits per heavy atom. The van der Waals surface area contributed by atoms with Crippen LogP contribution in [0.15, 0.2) is 6.20 Å². The van der Waals surface area contributed by atoms with Gasteiger partial charge in [0.2, 0.25) is 0 Å². The number of nitrogens with one attached hydrogen (secondary N) is 1. The number of aromatic nitrogens is 1. The third-order valence-electron chi connectivity index (χ3n) is 3.39. The van der Waals surface area contributed by atoms with Gasteiger partial charge in [-0.05, 0) is 25.7 Å². The number of aliphatic carboxylic acids is 1. The number of thiazole rings is 1. The van der Waals surface area contributed by atoms with Crippen LogP contribution < -0.4 is 5.32 Å². The molecule has 7 heteroatoms. The minimum absolute atomic E-state index is 0.314. The quantitative estimate of drug-likeness (QED) is 0.888. The van der Waals surface area contributed by atoms with Gasteiger partial charge in [0.05, 0.1) is 6.54 Å². The van der Waals surface area contributed by atoms with Crippen molar-refractivity contribution >= 4 is 23.3 Å². The molecule has 1 aliphatic heterocycles. The number of aryl methyl sites for hydroxylation is 1. The van der Waals surface area contributed by atoms with E-state index in [2.05, 4.69) is 17.2 Å². The molecule has 0 aliphatic carbocycles. The van der Waals surface area contributed by atoms with Crippen LogP contribution in [0.5, 0.6) is 0 Å². The Kier molecular flexibility index (Phi) is 4.94. The molecule has 1 aliphatic rings. The van der Waals surface area contributed by atoms with Gasteiger partial charge in [-0.15, -0.1) is 11.3 Å². The monoisotopic (exact) mass is 297 g/mol. The Balaban J connectivity index is 1.91. The average molecular weight is 297 g/mol. The molecule has 2 amide bonds. The highest BCUT2D eigenvalue weighted by molar-refractivity contribution is 7.11. The molecule has 0 radical (unpaired) electrons. The van der Waals surface area contributed by atoms with Crippen molar-refractivity contribution in [3.8, 4) is 0 Å². The fraction of sp³-hybridized carbons (Fsp3) is 0.615. The Morgan fingerprint density at radius 3 is 3.00 bits per heavy atom. The lowest BCUT2D eigenvalue weighted by molar-refractivity contribution is -0.143. The summed E-state index contributed by atoms with van der Waals surface area (Å²) in [4.78, 5) is 30.1. The predicted octanol–water partition coefficient (Wildman–Crippen LogP) is 1.85. The van der Waals surface area contributed by atoms with Gasteiger partial charge in [0.1, 0.15) is 11.0 Å². The number of carbonyl (C=O) groups is 2. The number of carboxylic acids is 1. The maximum absolute atomic E-state index is 12.1. The van der Waals surface area contributed by atoms with Gasteiger partial charge in [-0.3, -0.25) is 0 Å². The highest BCUT2D eigenvalue weighted by Gasteiger charge is 2.31. The number of urea groups is 1. The second-order valence-corrected chi connectivity index (χ2v) is 5.98. The number of rotatable bonds is 4. The molecule has 2 rings (SSSR count). The molecule has 2 N–H and O–H groups in total. The standard InChI is InChI=1S/C13H19N3O3S/c1-2-9-7-14-11(20-9)8-15-13(19)16-6-4-3-5-10(16)12(17)18/h7,10H,2-6,8H2,1H3,(H,15,19)(H,17,18). The molecule has 0 aromatic carbocycles. The van der Waals surface area contributed by atoms with Crippen molar-refractivity contribution in [2.75, 3.05) is 6.54 Å². The lowest BCUT2D eigenvalue weighted by Crippen LogP contribution is -2.51. The molecule has 0 spiro atoms. The fourth-order valence-corrected chi connectivity index (χ4v) is 3.08. The number of carboxylic acid groups (broad SMARTS) is 1. The van der Waals surface area contributed by atoms with E-state index in [4.69, 9.17) is 5.11 Å². The predicted molar refractivity (Wildman–Crippen MR) is 75.7 cm³/mol. The molecule has 1 atom stereocenters. The van der Waals surface area contributed by atoms with Crippen molar-refractivity contribution in [3.05, 3.63) is 16.1 Å². The topological polar surface area (TPSA) is 82.5 Å². The molecule has 0 bridgehead atoms. The highest BCUT2D eigenvalue weighted by atomic mass is 32.1. The van der Waals surface area contributed by atoms with E-state index < -0.39 is 12.0 Å². The zero-order valence-corrected chi connectivity index (χ0v) is 12.3. The molecule has 110 valence electrons. The first-order valence-electron chi connectivity index (χ1n) is 6.82. The molecular weight excluding hydrogens is 278 g/mol. The molecule has 1 saturated heterocycles. The summed E-state index contributed by atoms with van der Waals surface area (Å²) in [5.41, 5.74) is 0. The van der Waals surface area contributed by atoms with Gasteiger partial charge in [-0.2, -0.15) is 0 Å². The molecular formula is C13H19N3O3S. The van der Waals surface area contributed by atoms with Crippen molar-refractivity contribution in [1.29, 1.82) is 0 Å². The molecule has 20 heavy (non-hydrogen) atoms. The molecule has 1 fully saturated rings. The van der Waals surface area contributed by atoms with Crippen LogP contribution in [0.25, 0.3) is 0 Å². The maximum atomic E-state index is 12.1. The van der Waals surface area contributed by atoms with Crippen LogP contribution in [0, 0.1) is 0 Å². The van der Waals surface area contributed by atoms with E-state index >= 15 is 0 Å². The second kappa shape index (κ2) is 6.69. The summed E-state index contributed by atoms with van der Waals surface area (Å²) in [7, 11) is 0. The first-order chi connectivity index (χ1) is 9.61. The largest absolute Gasteiger partial charge is 0.480 e. The Morgan fingerprint density at radius 1 is 1.55 bits per heavy atom. The number of piperidine rings is 1. The normalized spacial score (nSPS) is 18.9. The third kappa shape index (κ3) is 3.47. The molecule has 1 unspecified atom stereocenters. The summed E-state index contributed by atoms with van der Waals surface area (Å²) in [5, 5.41) is 12.8. The smallest absolute Gasteiger partial charge is 0.326 e. The van der Waals surface area contributed by atoms with Crippen molar-refractivity contribution < 1.29 is 14.7 Å². The van der Waals surface area contributed by atoms with Crippen molar-refractivity contribution in [2.45, 2.75) is 45.2 Å². The maximum Gasteiger partial charge on any atom is 0.326 e. The summed E-state index contributed by atoms with van der Waals surface area (Å²) in [6.45, 7) is 2.91. The van der Waals surface area contributed by atoms with Crippen LogP contribution in [0.3, 0.4) is 0 Å². The average Bonchev–Trinajstić information content (AvgIpc) is 2.92. The van der Waals surface area contributed by atoms with E-state index in [0.29, 0.717) is 19.5 Å². The minimum atomic E-state index is -0.928. The van der Waals surface area contributed by atoms with E-state index in [-0.39, 0.29) is 6.03 Å². The van der Waals surface area contributed by atoms with Crippen LogP contribution in [0.1, 0.15) is 36.1 Å². The zero-order valence-electron chi connectivity index (χ0n) is 11.5. The number of amides is 2. The summed E-state index contributed by atoms with van der Waals surface area (Å²) >= 11 is 1.57. The van der Waals surface area contributed by atoms with Gasteiger partial charge in [0.15, 0.2) is 0 Å². The van der Waals surface area contributed by atoms with E-state index in [9.17, 15) is 9.59 Å². The second-order valence-electron chi connectivity index (χ2n) is 4.78. The van der Waals surface area contributed by atoms with Crippen molar-refractivity contribution in [2.24, 2.45) is 0 Å². The van der Waals surface area contributed by atoms with Crippen LogP contribution in [-0.4, -0.2) is 39.6 Å². The van der Waals surface area contributed by atoms with Crippen LogP contribution in [0.4, 0.5) is 4.79 Å². The van der Waals surface area contributed by atoms with E-state index in [0.717, 1.165) is 24.3 Å². The van der Waals surface area contributed by atoms with E-state index in [1.165, 1.54) is 9.78 Å². The Bertz CT molecular complexity index is 489. The number of nitrogens with zero attached hydrogens (tertiary/aromatic N) is 2. The highest BCUT2D eigenvalue weighted by Crippen LogP contribution is 2.18. The van der Waals surface area contributed by atoms with E-state index in [1.54, 1.807) is 11.3 Å². The van der Waals surface area contributed by atoms with Gasteiger partial charge in [-0.1, -0.05) is 6.92 Å². The van der Waals surface area contributed by atoms with Gasteiger partial charge in [-0.25, -0.2) is 14.6 Å². The summed E-state index contributed by atoms with van der Waals surface area (Å²) in [5.74, 6) is -0.928. The van der Waals surface area contributed by atoms with E-state index in [1.807, 2.05) is 6.20 Å². The van der Waals surface area contributed by atoms with Gasteiger partial charge < -0.3 is 15.3 Å². The van der Waals surface area contributed by atoms with Gasteiger partial charge in [0.25, 0.3) is 0 Å². The van der Waals surface area contributed by atoms with Crippen molar-refractivity contribution in [1.82, 2.24) is 15.2 Å². The zero-order chi connectivity index (χ0) is 14.5. The summed E-state index contributed by atoms with van der Waals surface area (Å²) in [6, 6.07) is -1.02. The van der Waals surface area contributed by atoms with Crippen LogP contribution in [0.2, 0.25) is 0 Å². The van der Waals surface area contributed by atoms with Crippen LogP contribution in [-0.2, 0) is 17.8 Å². The molecule has 1 aromatic rings. The lowest BCUT2D eigenvalue weighted by Gasteiger charge is -2.32. The van der Waals surface area contributed by atoms with Crippen LogP contribution >= 0.6 is 11.3 Å². The first-order valence-corrected chi connectivity index (χ1v) is 7.64. The summed E-state index contributed by atoms with van der Waals surface area (Å²) < 4.78 is 0. The van der Waals surface area contributed by atoms with Crippen molar-refractivity contribution in [3.63, 3.8) is 0 Å². The summed E-state index contributed by atoms with van der Waals surface area (Å²) in [6.07, 6.45) is 4.98. The number of hydrogen-bond acceptors (Lipinski definition) is 4. The lowest BCUT2D eigenvalue weighted by atomic mass is 10.0. The van der Waals surface area contributed by atoms with Gasteiger partial charge in [0, 0.05) is 17.6 Å². The SMILES string of the molecule is CCc1cnc(CNC(=O)N2CCCCC2C(=O)O)s1. The molecule has 0 saturated carbocycles. The minimum Gasteiger partial charge on any atom is -0.480 e. The number of hydrogen-bond donors (Lipinski definition) is 2. The molecule has 1 aromatic heterocycles. The third-order valence-corrected chi connectivity index (χ3v) is 4.53.